The van der Waals surface area contributed by atoms with Crippen LogP contribution in [0.25, 0.3) is 33.4 Å². The maximum atomic E-state index is 14.9. The Kier molecular flexibility index (Phi) is 9.65. The van der Waals surface area contributed by atoms with Gasteiger partial charge in [-0.1, -0.05) is 79.9 Å². The van der Waals surface area contributed by atoms with Crippen LogP contribution in [0.5, 0.6) is 0 Å². The normalized spacial score (nSPS) is 11.2. The van der Waals surface area contributed by atoms with E-state index in [1.165, 1.54) is 18.2 Å². The van der Waals surface area contributed by atoms with E-state index in [-0.39, 0.29) is 11.4 Å². The SMILES string of the molecule is Fc1ccc(-c2ccc(-c3ccc(CCCCCCCc4ccc(-c5ccc(F)c(F)c5)c(F)c4)cc3F)cc2)cc1F. The van der Waals surface area contributed by atoms with E-state index < -0.39 is 29.1 Å². The molecule has 220 valence electrons. The lowest BCUT2D eigenvalue weighted by atomic mass is 9.97. The molecule has 0 amide bonds. The van der Waals surface area contributed by atoms with Crippen LogP contribution in [0.3, 0.4) is 0 Å². The first-order valence-electron chi connectivity index (χ1n) is 14.4. The molecule has 0 aliphatic rings. The zero-order chi connectivity index (χ0) is 30.3. The van der Waals surface area contributed by atoms with Crippen molar-refractivity contribution in [1.29, 1.82) is 0 Å². The van der Waals surface area contributed by atoms with Crippen molar-refractivity contribution in [2.75, 3.05) is 0 Å². The van der Waals surface area contributed by atoms with Crippen molar-refractivity contribution >= 4 is 0 Å². The molecule has 43 heavy (non-hydrogen) atoms. The summed E-state index contributed by atoms with van der Waals surface area (Å²) in [5, 5.41) is 0. The highest BCUT2D eigenvalue weighted by atomic mass is 19.2. The van der Waals surface area contributed by atoms with Gasteiger partial charge in [0, 0.05) is 11.1 Å². The summed E-state index contributed by atoms with van der Waals surface area (Å²) in [5.41, 5.74) is 4.77. The van der Waals surface area contributed by atoms with E-state index in [4.69, 9.17) is 0 Å². The largest absolute Gasteiger partial charge is 0.206 e. The summed E-state index contributed by atoms with van der Waals surface area (Å²) in [5.74, 6) is -4.54. The molecule has 5 aromatic carbocycles. The van der Waals surface area contributed by atoms with E-state index in [0.29, 0.717) is 27.8 Å². The van der Waals surface area contributed by atoms with Crippen LogP contribution in [-0.4, -0.2) is 0 Å². The standard InChI is InChI=1S/C37H30F6/c38-32-18-14-28(22-36(32)42)26-10-12-27(13-11-26)30-16-8-24(20-34(30)40)6-4-2-1-3-5-7-25-9-17-31(35(41)21-25)29-15-19-33(39)37(43)23-29/h8-23H,1-7H2. The fourth-order valence-electron chi connectivity index (χ4n) is 5.27. The minimum atomic E-state index is -1.00. The predicted molar refractivity (Wildman–Crippen MR) is 159 cm³/mol. The molecule has 0 radical (unpaired) electrons. The molecule has 0 aliphatic heterocycles. The third-order valence-corrected chi connectivity index (χ3v) is 7.68. The number of aryl methyl sites for hydroxylation is 2. The van der Waals surface area contributed by atoms with Crippen molar-refractivity contribution in [3.8, 4) is 33.4 Å². The Morgan fingerprint density at radius 2 is 0.721 bits per heavy atom. The summed E-state index contributed by atoms with van der Waals surface area (Å²) in [6.07, 6.45) is 6.33. The average molecular weight is 589 g/mol. The van der Waals surface area contributed by atoms with E-state index in [2.05, 4.69) is 0 Å². The fraction of sp³-hybridized carbons (Fsp3) is 0.189. The molecule has 0 atom stereocenters. The summed E-state index contributed by atoms with van der Waals surface area (Å²) < 4.78 is 83.0. The first kappa shape index (κ1) is 30.1. The molecule has 5 aromatic rings. The smallest absolute Gasteiger partial charge is 0.159 e. The first-order valence-corrected chi connectivity index (χ1v) is 14.4. The van der Waals surface area contributed by atoms with Gasteiger partial charge in [0.15, 0.2) is 23.3 Å². The average Bonchev–Trinajstić information content (AvgIpc) is 3.00. The van der Waals surface area contributed by atoms with Gasteiger partial charge in [-0.05, 0) is 95.5 Å². The minimum Gasteiger partial charge on any atom is -0.206 e. The van der Waals surface area contributed by atoms with Gasteiger partial charge in [0.25, 0.3) is 0 Å². The van der Waals surface area contributed by atoms with E-state index in [1.54, 1.807) is 42.5 Å². The lowest BCUT2D eigenvalue weighted by molar-refractivity contribution is 0.509. The lowest BCUT2D eigenvalue weighted by Crippen LogP contribution is -1.93. The molecule has 0 N–H and O–H groups in total. The Bertz CT molecular complexity index is 1710. The van der Waals surface area contributed by atoms with Gasteiger partial charge in [0.1, 0.15) is 11.6 Å². The summed E-state index contributed by atoms with van der Waals surface area (Å²) >= 11 is 0. The van der Waals surface area contributed by atoms with Gasteiger partial charge in [0.2, 0.25) is 0 Å². The Hall–Kier alpha value is -4.32. The number of halogens is 6. The van der Waals surface area contributed by atoms with Crippen molar-refractivity contribution in [1.82, 2.24) is 0 Å². The maximum Gasteiger partial charge on any atom is 0.159 e. The van der Waals surface area contributed by atoms with Crippen LogP contribution < -0.4 is 0 Å². The fourth-order valence-corrected chi connectivity index (χ4v) is 5.27. The van der Waals surface area contributed by atoms with Crippen LogP contribution in [0.2, 0.25) is 0 Å². The molecule has 0 bridgehead atoms. The summed E-state index contributed by atoms with van der Waals surface area (Å²) in [6.45, 7) is 0. The van der Waals surface area contributed by atoms with Crippen molar-refractivity contribution < 1.29 is 26.3 Å². The van der Waals surface area contributed by atoms with E-state index in [1.807, 2.05) is 12.1 Å². The second kappa shape index (κ2) is 13.8. The van der Waals surface area contributed by atoms with Crippen LogP contribution in [0.15, 0.2) is 97.1 Å². The van der Waals surface area contributed by atoms with Crippen molar-refractivity contribution in [3.05, 3.63) is 143 Å². The van der Waals surface area contributed by atoms with E-state index >= 15 is 0 Å². The zero-order valence-electron chi connectivity index (χ0n) is 23.5. The van der Waals surface area contributed by atoms with Gasteiger partial charge in [-0.15, -0.1) is 0 Å². The third-order valence-electron chi connectivity index (χ3n) is 7.68. The molecule has 0 nitrogen and oxygen atoms in total. The van der Waals surface area contributed by atoms with Gasteiger partial charge < -0.3 is 0 Å². The molecule has 0 spiro atoms. The van der Waals surface area contributed by atoms with Crippen LogP contribution in [0, 0.1) is 34.9 Å². The molecule has 6 heteroatoms. The Balaban J connectivity index is 1.05. The van der Waals surface area contributed by atoms with Crippen LogP contribution >= 0.6 is 0 Å². The molecule has 0 heterocycles. The number of benzene rings is 5. The molecule has 0 saturated heterocycles. The zero-order valence-corrected chi connectivity index (χ0v) is 23.5. The summed E-state index contributed by atoms with van der Waals surface area (Å²) in [4.78, 5) is 0. The van der Waals surface area contributed by atoms with Gasteiger partial charge in [-0.25, -0.2) is 26.3 Å². The predicted octanol–water partition coefficient (Wildman–Crippen LogP) is 11.3. The monoisotopic (exact) mass is 588 g/mol. The lowest BCUT2D eigenvalue weighted by Gasteiger charge is -2.09. The second-order valence-corrected chi connectivity index (χ2v) is 10.7. The van der Waals surface area contributed by atoms with Gasteiger partial charge in [-0.3, -0.25) is 0 Å². The van der Waals surface area contributed by atoms with Crippen molar-refractivity contribution in [2.24, 2.45) is 0 Å². The summed E-state index contributed by atoms with van der Waals surface area (Å²) in [7, 11) is 0. The number of hydrogen-bond acceptors (Lipinski definition) is 0. The minimum absolute atomic E-state index is 0.240. The molecule has 0 saturated carbocycles. The van der Waals surface area contributed by atoms with Crippen LogP contribution in [-0.2, 0) is 12.8 Å². The second-order valence-electron chi connectivity index (χ2n) is 10.7. The third kappa shape index (κ3) is 7.56. The Morgan fingerprint density at radius 1 is 0.302 bits per heavy atom. The quantitative estimate of drug-likeness (QED) is 0.106. The molecule has 0 fully saturated rings. The van der Waals surface area contributed by atoms with Gasteiger partial charge in [-0.2, -0.15) is 0 Å². The van der Waals surface area contributed by atoms with Crippen molar-refractivity contribution in [3.63, 3.8) is 0 Å². The van der Waals surface area contributed by atoms with Crippen molar-refractivity contribution in [2.45, 2.75) is 44.9 Å². The highest BCUT2D eigenvalue weighted by molar-refractivity contribution is 5.71. The van der Waals surface area contributed by atoms with Crippen LogP contribution in [0.4, 0.5) is 26.3 Å². The first-order chi connectivity index (χ1) is 20.8. The van der Waals surface area contributed by atoms with Gasteiger partial charge >= 0.3 is 0 Å². The molecular formula is C37H30F6. The molecule has 0 unspecified atom stereocenters. The van der Waals surface area contributed by atoms with E-state index in [0.717, 1.165) is 80.3 Å². The van der Waals surface area contributed by atoms with Gasteiger partial charge in [0.05, 0.1) is 0 Å². The Morgan fingerprint density at radius 3 is 1.23 bits per heavy atom. The maximum absolute atomic E-state index is 14.9. The molecule has 5 rings (SSSR count). The highest BCUT2D eigenvalue weighted by Crippen LogP contribution is 2.29. The summed E-state index contributed by atoms with van der Waals surface area (Å²) in [6, 6.07) is 24.3. The Labute approximate surface area is 247 Å². The number of hydrogen-bond donors (Lipinski definition) is 0. The topological polar surface area (TPSA) is 0 Å². The highest BCUT2D eigenvalue weighted by Gasteiger charge is 2.11. The van der Waals surface area contributed by atoms with E-state index in [9.17, 15) is 26.3 Å². The molecule has 0 aliphatic carbocycles. The molecular weight excluding hydrogens is 558 g/mol. The number of rotatable bonds is 11. The number of unbranched alkanes of at least 4 members (excludes halogenated alkanes) is 4. The van der Waals surface area contributed by atoms with Crippen LogP contribution in [0.1, 0.15) is 43.2 Å². The molecule has 0 aromatic heterocycles.